The minimum absolute atomic E-state index is 0.0358. The highest BCUT2D eigenvalue weighted by molar-refractivity contribution is 5.78. The number of nitrogens with two attached hydrogens (primary N) is 1. The van der Waals surface area contributed by atoms with Crippen LogP contribution in [0.3, 0.4) is 0 Å². The zero-order chi connectivity index (χ0) is 22.5. The third-order valence-electron chi connectivity index (χ3n) is 7.72. The lowest BCUT2D eigenvalue weighted by Crippen LogP contribution is -2.43. The fourth-order valence-electron chi connectivity index (χ4n) is 6.07. The maximum atomic E-state index is 9.46. The van der Waals surface area contributed by atoms with E-state index in [1.807, 2.05) is 0 Å². The first-order valence-electron chi connectivity index (χ1n) is 12.2. The fourth-order valence-corrected chi connectivity index (χ4v) is 6.07. The van der Waals surface area contributed by atoms with E-state index in [1.165, 1.54) is 39.5 Å². The Morgan fingerprint density at radius 1 is 1.25 bits per heavy atom. The smallest absolute Gasteiger partial charge is 0.117 e. The van der Waals surface area contributed by atoms with Crippen molar-refractivity contribution in [3.63, 3.8) is 0 Å². The summed E-state index contributed by atoms with van der Waals surface area (Å²) in [6, 6.07) is 11.2. The highest BCUT2D eigenvalue weighted by Crippen LogP contribution is 2.59. The number of para-hydroxylation sites is 1. The van der Waals surface area contributed by atoms with E-state index in [2.05, 4.69) is 73.1 Å². The third-order valence-corrected chi connectivity index (χ3v) is 7.72. The molecule has 1 saturated heterocycles. The third kappa shape index (κ3) is 3.10. The van der Waals surface area contributed by atoms with Gasteiger partial charge in [0.15, 0.2) is 0 Å². The van der Waals surface area contributed by atoms with Gasteiger partial charge in [-0.1, -0.05) is 50.6 Å². The topological polar surface area (TPSA) is 56.3 Å². The number of piperidine rings is 1. The van der Waals surface area contributed by atoms with Crippen LogP contribution in [0, 0.1) is 29.6 Å². The molecule has 4 aliphatic rings. The lowest BCUT2D eigenvalue weighted by Gasteiger charge is -2.45. The molecule has 2 aliphatic carbocycles. The number of nitrogens with zero attached hydrogens (tertiary/aromatic N) is 3. The fraction of sp³-hybridized carbons (Fsp3) is 0.464. The van der Waals surface area contributed by atoms with E-state index >= 15 is 0 Å². The summed E-state index contributed by atoms with van der Waals surface area (Å²) in [6.07, 6.45) is 10.9. The summed E-state index contributed by atoms with van der Waals surface area (Å²) in [5, 5.41) is 9.46. The number of unbranched alkanes of at least 4 members (excludes halogenated alkanes) is 1. The zero-order valence-electron chi connectivity index (χ0n) is 19.6. The molecule has 1 aromatic rings. The number of anilines is 1. The largest absolute Gasteiger partial charge is 0.398 e. The molecule has 1 unspecified atom stereocenters. The highest BCUT2D eigenvalue weighted by Gasteiger charge is 2.49. The van der Waals surface area contributed by atoms with Crippen LogP contribution in [0.15, 0.2) is 70.4 Å². The molecule has 4 heteroatoms. The molecule has 4 nitrogen and oxygen atoms in total. The second-order valence-corrected chi connectivity index (χ2v) is 9.96. The van der Waals surface area contributed by atoms with Gasteiger partial charge in [0, 0.05) is 35.7 Å². The Hall–Kier alpha value is -2.93. The Balaban J connectivity index is 1.74. The molecule has 1 saturated carbocycles. The number of nitriles is 1. The molecule has 2 N–H and O–H groups in total. The van der Waals surface area contributed by atoms with Gasteiger partial charge in [-0.2, -0.15) is 5.26 Å². The van der Waals surface area contributed by atoms with Crippen molar-refractivity contribution < 1.29 is 0 Å². The molecular weight excluding hydrogens is 392 g/mol. The summed E-state index contributed by atoms with van der Waals surface area (Å²) in [6.45, 7) is 8.66. The molecule has 1 atom stereocenters. The van der Waals surface area contributed by atoms with E-state index in [1.54, 1.807) is 0 Å². The van der Waals surface area contributed by atoms with Gasteiger partial charge in [-0.25, -0.2) is 0 Å². The molecule has 5 rings (SSSR count). The van der Waals surface area contributed by atoms with E-state index in [0.29, 0.717) is 0 Å². The maximum Gasteiger partial charge on any atom is 0.117 e. The van der Waals surface area contributed by atoms with Crippen LogP contribution in [0.1, 0.15) is 57.9 Å². The van der Waals surface area contributed by atoms with Crippen molar-refractivity contribution >= 4 is 5.69 Å². The van der Waals surface area contributed by atoms with Crippen molar-refractivity contribution in [1.82, 2.24) is 4.90 Å². The monoisotopic (exact) mass is 426 g/mol. The van der Waals surface area contributed by atoms with Gasteiger partial charge < -0.3 is 10.6 Å². The first kappa shape index (κ1) is 20.9. The number of rotatable bonds is 4. The molecule has 2 fully saturated rings. The Kier molecular flexibility index (Phi) is 5.16. The molecular formula is C28H34N4. The molecule has 0 aromatic heterocycles. The molecule has 2 heterocycles. The van der Waals surface area contributed by atoms with Gasteiger partial charge in [0.1, 0.15) is 5.82 Å². The number of allylic oxidation sites excluding steroid dienone is 4. The van der Waals surface area contributed by atoms with E-state index in [-0.39, 0.29) is 11.3 Å². The summed E-state index contributed by atoms with van der Waals surface area (Å²) in [7, 11) is 0. The average molecular weight is 427 g/mol. The van der Waals surface area contributed by atoms with Gasteiger partial charge >= 0.3 is 0 Å². The van der Waals surface area contributed by atoms with Gasteiger partial charge in [-0.05, 0) is 61.8 Å². The Labute approximate surface area is 192 Å². The van der Waals surface area contributed by atoms with Gasteiger partial charge in [0.25, 0.3) is 0 Å². The lowest BCUT2D eigenvalue weighted by atomic mass is 9.83. The van der Waals surface area contributed by atoms with Gasteiger partial charge in [-0.15, -0.1) is 0 Å². The molecule has 0 spiro atoms. The standard InChI is InChI=1S/C28H34N4/c1-4-5-9-24-25-22(30)17-28(3)14-11-21(26(25)28)27(31-15-12-20(18-29)13-16-31)32(24)23-10-7-6-8-19(23)2/h6-10,17,20H,4-5,11-16,30H2,1-3H3/b24-9+. The molecule has 0 radical (unpaired) electrons. The SMILES string of the molecule is CCC/C=C1\C2=C3C(=C(N4CCC(C#N)CC4)N1c1ccccc1C)CCC3(C)C=C2N. The summed E-state index contributed by atoms with van der Waals surface area (Å²) < 4.78 is 0. The van der Waals surface area contributed by atoms with E-state index in [4.69, 9.17) is 5.73 Å². The minimum atomic E-state index is 0.0358. The van der Waals surface area contributed by atoms with Gasteiger partial charge in [0.05, 0.1) is 17.5 Å². The second-order valence-electron chi connectivity index (χ2n) is 9.96. The van der Waals surface area contributed by atoms with Crippen LogP contribution in [0.5, 0.6) is 0 Å². The molecule has 32 heavy (non-hydrogen) atoms. The first-order chi connectivity index (χ1) is 15.5. The number of aryl methyl sites for hydroxylation is 1. The quantitative estimate of drug-likeness (QED) is 0.651. The van der Waals surface area contributed by atoms with Crippen molar-refractivity contribution in [2.75, 3.05) is 18.0 Å². The van der Waals surface area contributed by atoms with Crippen LogP contribution in [0.2, 0.25) is 0 Å². The Morgan fingerprint density at radius 3 is 2.69 bits per heavy atom. The van der Waals surface area contributed by atoms with Crippen molar-refractivity contribution in [2.45, 2.75) is 59.3 Å². The second kappa shape index (κ2) is 7.89. The summed E-state index contributed by atoms with van der Waals surface area (Å²) >= 11 is 0. The van der Waals surface area contributed by atoms with Crippen LogP contribution < -0.4 is 10.6 Å². The number of likely N-dealkylation sites (tertiary alicyclic amines) is 1. The highest BCUT2D eigenvalue weighted by atomic mass is 15.3. The maximum absolute atomic E-state index is 9.46. The molecule has 0 bridgehead atoms. The van der Waals surface area contributed by atoms with E-state index < -0.39 is 0 Å². The summed E-state index contributed by atoms with van der Waals surface area (Å²) in [4.78, 5) is 5.06. The first-order valence-corrected chi connectivity index (χ1v) is 12.2. The predicted molar refractivity (Wildman–Crippen MR) is 130 cm³/mol. The van der Waals surface area contributed by atoms with Gasteiger partial charge in [0.2, 0.25) is 0 Å². The van der Waals surface area contributed by atoms with Gasteiger partial charge in [-0.3, -0.25) is 4.90 Å². The van der Waals surface area contributed by atoms with Crippen molar-refractivity contribution in [1.29, 1.82) is 5.26 Å². The van der Waals surface area contributed by atoms with Crippen LogP contribution in [0.4, 0.5) is 5.69 Å². The summed E-state index contributed by atoms with van der Waals surface area (Å²) in [5.41, 5.74) is 15.6. The van der Waals surface area contributed by atoms with Crippen molar-refractivity contribution in [3.05, 3.63) is 75.9 Å². The van der Waals surface area contributed by atoms with E-state index in [9.17, 15) is 5.26 Å². The normalized spacial score (nSPS) is 26.7. The van der Waals surface area contributed by atoms with Crippen LogP contribution >= 0.6 is 0 Å². The lowest BCUT2D eigenvalue weighted by molar-refractivity contribution is 0.248. The number of hydrogen-bond donors (Lipinski definition) is 1. The van der Waals surface area contributed by atoms with E-state index in [0.717, 1.165) is 57.3 Å². The average Bonchev–Trinajstić information content (AvgIpc) is 3.26. The van der Waals surface area contributed by atoms with Crippen LogP contribution in [-0.2, 0) is 0 Å². The predicted octanol–water partition coefficient (Wildman–Crippen LogP) is 5.90. The molecule has 0 amide bonds. The van der Waals surface area contributed by atoms with Crippen LogP contribution in [0.25, 0.3) is 0 Å². The molecule has 1 aromatic carbocycles. The molecule has 166 valence electrons. The zero-order valence-corrected chi connectivity index (χ0v) is 19.6. The Bertz CT molecular complexity index is 1100. The minimum Gasteiger partial charge on any atom is -0.398 e. The number of benzene rings is 1. The number of hydrogen-bond acceptors (Lipinski definition) is 4. The van der Waals surface area contributed by atoms with Crippen molar-refractivity contribution in [3.8, 4) is 6.07 Å². The van der Waals surface area contributed by atoms with Crippen molar-refractivity contribution in [2.24, 2.45) is 17.1 Å². The van der Waals surface area contributed by atoms with Crippen LogP contribution in [-0.4, -0.2) is 18.0 Å². The molecule has 2 aliphatic heterocycles. The summed E-state index contributed by atoms with van der Waals surface area (Å²) in [5.74, 6) is 1.51. The Morgan fingerprint density at radius 2 is 2.00 bits per heavy atom.